The van der Waals surface area contributed by atoms with Crippen molar-refractivity contribution in [3.63, 3.8) is 0 Å². The average Bonchev–Trinajstić information content (AvgIpc) is 2.46. The van der Waals surface area contributed by atoms with Gasteiger partial charge in [-0.2, -0.15) is 0 Å². The third-order valence-corrected chi connectivity index (χ3v) is 3.69. The molecule has 1 aliphatic heterocycles. The summed E-state index contributed by atoms with van der Waals surface area (Å²) in [5.74, 6) is 0.798. The first-order valence-corrected chi connectivity index (χ1v) is 7.02. The summed E-state index contributed by atoms with van der Waals surface area (Å²) in [5.41, 5.74) is 0.887. The number of anilines is 1. The minimum Gasteiger partial charge on any atom is -0.497 e. The second-order valence-corrected chi connectivity index (χ2v) is 5.02. The van der Waals surface area contributed by atoms with Crippen molar-refractivity contribution in [3.8, 4) is 5.75 Å². The molecule has 2 rings (SSSR count). The van der Waals surface area contributed by atoms with E-state index in [4.69, 9.17) is 21.1 Å². The Kier molecular flexibility index (Phi) is 5.31. The first-order chi connectivity index (χ1) is 9.22. The van der Waals surface area contributed by atoms with Crippen LogP contribution in [0.2, 0.25) is 5.02 Å². The summed E-state index contributed by atoms with van der Waals surface area (Å²) in [5, 5.41) is 4.04. The Morgan fingerprint density at radius 2 is 2.37 bits per heavy atom. The van der Waals surface area contributed by atoms with Crippen molar-refractivity contribution in [3.05, 3.63) is 23.2 Å². The number of halogens is 1. The fourth-order valence-corrected chi connectivity index (χ4v) is 2.37. The number of nitrogens with zero attached hydrogens (tertiary/aromatic N) is 1. The summed E-state index contributed by atoms with van der Waals surface area (Å²) in [6.07, 6.45) is 0.205. The van der Waals surface area contributed by atoms with Crippen molar-refractivity contribution < 1.29 is 9.47 Å². The third-order valence-electron chi connectivity index (χ3n) is 3.36. The maximum atomic E-state index is 6.16. The van der Waals surface area contributed by atoms with Gasteiger partial charge in [0, 0.05) is 25.7 Å². The number of nitrogens with one attached hydrogen (secondary N) is 1. The topological polar surface area (TPSA) is 33.7 Å². The molecule has 1 N–H and O–H groups in total. The fraction of sp³-hybridized carbons (Fsp3) is 0.571. The predicted octanol–water partition coefficient (Wildman–Crippen LogP) is 2.48. The van der Waals surface area contributed by atoms with Gasteiger partial charge in [-0.05, 0) is 18.7 Å². The summed E-state index contributed by atoms with van der Waals surface area (Å²) in [6, 6.07) is 5.59. The third kappa shape index (κ3) is 4.00. The summed E-state index contributed by atoms with van der Waals surface area (Å²) >= 11 is 6.16. The molecule has 0 aliphatic carbocycles. The normalized spacial score (nSPS) is 20.3. The van der Waals surface area contributed by atoms with E-state index in [1.54, 1.807) is 7.11 Å². The van der Waals surface area contributed by atoms with E-state index in [9.17, 15) is 0 Å². The summed E-state index contributed by atoms with van der Waals surface area (Å²) < 4.78 is 10.9. The van der Waals surface area contributed by atoms with Crippen molar-refractivity contribution >= 4 is 17.3 Å². The Morgan fingerprint density at radius 1 is 1.53 bits per heavy atom. The van der Waals surface area contributed by atoms with E-state index < -0.39 is 0 Å². The molecule has 1 aromatic carbocycles. The first-order valence-electron chi connectivity index (χ1n) is 6.64. The Balaban J connectivity index is 1.91. The monoisotopic (exact) mass is 284 g/mol. The van der Waals surface area contributed by atoms with Gasteiger partial charge in [0.05, 0.1) is 30.5 Å². The van der Waals surface area contributed by atoms with E-state index in [1.165, 1.54) is 0 Å². The SMILES string of the molecule is CCN1CCOC(CNc2cc(OC)ccc2Cl)C1. The van der Waals surface area contributed by atoms with Crippen molar-refractivity contribution in [1.29, 1.82) is 0 Å². The lowest BCUT2D eigenvalue weighted by atomic mass is 10.2. The molecule has 0 aromatic heterocycles. The number of hydrogen-bond donors (Lipinski definition) is 1. The Hall–Kier alpha value is -0.970. The molecule has 1 unspecified atom stereocenters. The maximum absolute atomic E-state index is 6.16. The van der Waals surface area contributed by atoms with E-state index in [-0.39, 0.29) is 6.10 Å². The van der Waals surface area contributed by atoms with Gasteiger partial charge in [-0.3, -0.25) is 4.90 Å². The van der Waals surface area contributed by atoms with Gasteiger partial charge >= 0.3 is 0 Å². The van der Waals surface area contributed by atoms with Crippen LogP contribution in [0, 0.1) is 0 Å². The molecule has 4 nitrogen and oxygen atoms in total. The molecule has 5 heteroatoms. The van der Waals surface area contributed by atoms with Gasteiger partial charge in [0.25, 0.3) is 0 Å². The van der Waals surface area contributed by atoms with Crippen LogP contribution >= 0.6 is 11.6 Å². The van der Waals surface area contributed by atoms with Crippen LogP contribution in [0.25, 0.3) is 0 Å². The molecule has 0 amide bonds. The summed E-state index contributed by atoms with van der Waals surface area (Å²) in [6.45, 7) is 6.78. The molecule has 0 saturated carbocycles. The minimum absolute atomic E-state index is 0.205. The lowest BCUT2D eigenvalue weighted by molar-refractivity contribution is -0.0191. The van der Waals surface area contributed by atoms with Crippen molar-refractivity contribution in [2.24, 2.45) is 0 Å². The van der Waals surface area contributed by atoms with Gasteiger partial charge < -0.3 is 14.8 Å². The van der Waals surface area contributed by atoms with Gasteiger partial charge in [0.15, 0.2) is 0 Å². The molecular formula is C14H21ClN2O2. The smallest absolute Gasteiger partial charge is 0.121 e. The van der Waals surface area contributed by atoms with Crippen LogP contribution in [0.15, 0.2) is 18.2 Å². The average molecular weight is 285 g/mol. The van der Waals surface area contributed by atoms with E-state index in [1.807, 2.05) is 18.2 Å². The quantitative estimate of drug-likeness (QED) is 0.901. The van der Waals surface area contributed by atoms with Crippen LogP contribution < -0.4 is 10.1 Å². The van der Waals surface area contributed by atoms with Crippen molar-refractivity contribution in [2.75, 3.05) is 45.2 Å². The van der Waals surface area contributed by atoms with Crippen LogP contribution in [-0.4, -0.2) is 50.9 Å². The standard InChI is InChI=1S/C14H21ClN2O2/c1-3-17-6-7-19-12(10-17)9-16-14-8-11(18-2)4-5-13(14)15/h4-5,8,12,16H,3,6-7,9-10H2,1-2H3. The molecule has 1 atom stereocenters. The van der Waals surface area contributed by atoms with E-state index in [0.717, 1.165) is 44.2 Å². The second-order valence-electron chi connectivity index (χ2n) is 4.61. The summed E-state index contributed by atoms with van der Waals surface area (Å²) in [7, 11) is 1.65. The molecule has 0 spiro atoms. The highest BCUT2D eigenvalue weighted by Crippen LogP contribution is 2.26. The zero-order valence-electron chi connectivity index (χ0n) is 11.5. The number of rotatable bonds is 5. The molecule has 0 bridgehead atoms. The highest BCUT2D eigenvalue weighted by molar-refractivity contribution is 6.33. The zero-order chi connectivity index (χ0) is 13.7. The minimum atomic E-state index is 0.205. The Morgan fingerprint density at radius 3 is 3.11 bits per heavy atom. The van der Waals surface area contributed by atoms with Crippen molar-refractivity contribution in [1.82, 2.24) is 4.90 Å². The highest BCUT2D eigenvalue weighted by Gasteiger charge is 2.19. The molecular weight excluding hydrogens is 264 g/mol. The number of ether oxygens (including phenoxy) is 2. The molecule has 1 heterocycles. The van der Waals surface area contributed by atoms with E-state index in [2.05, 4.69) is 17.1 Å². The number of benzene rings is 1. The van der Waals surface area contributed by atoms with E-state index >= 15 is 0 Å². The Bertz CT molecular complexity index is 414. The van der Waals surface area contributed by atoms with Gasteiger partial charge in [-0.25, -0.2) is 0 Å². The van der Waals surface area contributed by atoms with Crippen LogP contribution in [0.3, 0.4) is 0 Å². The zero-order valence-corrected chi connectivity index (χ0v) is 12.2. The molecule has 19 heavy (non-hydrogen) atoms. The maximum Gasteiger partial charge on any atom is 0.121 e. The Labute approximate surface area is 119 Å². The van der Waals surface area contributed by atoms with Gasteiger partial charge in [-0.1, -0.05) is 18.5 Å². The van der Waals surface area contributed by atoms with Crippen LogP contribution in [-0.2, 0) is 4.74 Å². The van der Waals surface area contributed by atoms with Crippen LogP contribution in [0.5, 0.6) is 5.75 Å². The predicted molar refractivity (Wildman–Crippen MR) is 78.3 cm³/mol. The first kappa shape index (κ1) is 14.4. The van der Waals surface area contributed by atoms with Gasteiger partial charge in [0.1, 0.15) is 5.75 Å². The molecule has 1 fully saturated rings. The van der Waals surface area contributed by atoms with Crippen LogP contribution in [0.1, 0.15) is 6.92 Å². The van der Waals surface area contributed by atoms with Gasteiger partial charge in [0.2, 0.25) is 0 Å². The van der Waals surface area contributed by atoms with Crippen molar-refractivity contribution in [2.45, 2.75) is 13.0 Å². The molecule has 106 valence electrons. The molecule has 1 saturated heterocycles. The molecule has 0 radical (unpaired) electrons. The molecule has 1 aromatic rings. The largest absolute Gasteiger partial charge is 0.497 e. The number of methoxy groups -OCH3 is 1. The number of likely N-dealkylation sites (N-methyl/N-ethyl adjacent to an activating group) is 1. The van der Waals surface area contributed by atoms with Gasteiger partial charge in [-0.15, -0.1) is 0 Å². The molecule has 1 aliphatic rings. The number of hydrogen-bond acceptors (Lipinski definition) is 4. The second kappa shape index (κ2) is 6.98. The fourth-order valence-electron chi connectivity index (χ4n) is 2.18. The highest BCUT2D eigenvalue weighted by atomic mass is 35.5. The summed E-state index contributed by atoms with van der Waals surface area (Å²) in [4.78, 5) is 2.39. The van der Waals surface area contributed by atoms with Crippen LogP contribution in [0.4, 0.5) is 5.69 Å². The number of morpholine rings is 1. The van der Waals surface area contributed by atoms with E-state index in [0.29, 0.717) is 5.02 Å². The lowest BCUT2D eigenvalue weighted by Crippen LogP contribution is -2.45. The lowest BCUT2D eigenvalue weighted by Gasteiger charge is -2.32.